The minimum Gasteiger partial charge on any atom is -0.466 e. The summed E-state index contributed by atoms with van der Waals surface area (Å²) < 4.78 is 67.6. The highest BCUT2D eigenvalue weighted by Crippen LogP contribution is 2.22. The molecular formula is C15H14F5NO3. The molecule has 24 heavy (non-hydrogen) atoms. The van der Waals surface area contributed by atoms with Gasteiger partial charge in [0.15, 0.2) is 0 Å². The van der Waals surface area contributed by atoms with Gasteiger partial charge in [-0.15, -0.1) is 0 Å². The molecule has 1 N–H and O–H groups in total. The first kappa shape index (κ1) is 19.6. The molecule has 1 amide bonds. The molecule has 0 fully saturated rings. The zero-order valence-electron chi connectivity index (χ0n) is 12.5. The van der Waals surface area contributed by atoms with E-state index in [9.17, 15) is 31.5 Å². The predicted octanol–water partition coefficient (Wildman–Crippen LogP) is 3.19. The molecule has 0 aromatic heterocycles. The summed E-state index contributed by atoms with van der Waals surface area (Å²) in [7, 11) is 0. The average Bonchev–Trinajstić information content (AvgIpc) is 2.44. The maximum atomic E-state index is 13.8. The van der Waals surface area contributed by atoms with Crippen LogP contribution in [0.1, 0.15) is 24.9 Å². The first-order chi connectivity index (χ1) is 11.1. The summed E-state index contributed by atoms with van der Waals surface area (Å²) >= 11 is 0. The Morgan fingerprint density at radius 2 is 1.96 bits per heavy atom. The number of alkyl halides is 3. The minimum absolute atomic E-state index is 0.0272. The number of amides is 1. The summed E-state index contributed by atoms with van der Waals surface area (Å²) in [5.41, 5.74) is -0.252. The van der Waals surface area contributed by atoms with Crippen LogP contribution < -0.4 is 5.32 Å². The van der Waals surface area contributed by atoms with Crippen LogP contribution in [-0.4, -0.2) is 24.7 Å². The van der Waals surface area contributed by atoms with E-state index in [4.69, 9.17) is 0 Å². The molecule has 9 heteroatoms. The first-order valence-electron chi connectivity index (χ1n) is 6.79. The quantitative estimate of drug-likeness (QED) is 0.487. The van der Waals surface area contributed by atoms with Crippen LogP contribution in [0, 0.1) is 11.6 Å². The number of esters is 1. The summed E-state index contributed by atoms with van der Waals surface area (Å²) in [6.45, 7) is 1.55. The number of carbonyl (C=O) groups excluding carboxylic acids is 2. The highest BCUT2D eigenvalue weighted by Gasteiger charge is 2.25. The molecule has 1 atom stereocenters. The molecule has 1 aromatic rings. The highest BCUT2D eigenvalue weighted by molar-refractivity contribution is 5.88. The van der Waals surface area contributed by atoms with Crippen molar-refractivity contribution in [2.24, 2.45) is 0 Å². The summed E-state index contributed by atoms with van der Waals surface area (Å²) in [4.78, 5) is 23.1. The normalized spacial score (nSPS) is 12.9. The Morgan fingerprint density at radius 3 is 2.50 bits per heavy atom. The van der Waals surface area contributed by atoms with Crippen LogP contribution in [0.25, 0.3) is 0 Å². The Morgan fingerprint density at radius 1 is 1.29 bits per heavy atom. The zero-order valence-corrected chi connectivity index (χ0v) is 12.5. The maximum Gasteiger partial charge on any atom is 0.409 e. The van der Waals surface area contributed by atoms with Gasteiger partial charge >= 0.3 is 12.1 Å². The number of nitrogens with one attached hydrogen (secondary N) is 1. The molecule has 0 aliphatic heterocycles. The van der Waals surface area contributed by atoms with Gasteiger partial charge in [-0.1, -0.05) is 6.07 Å². The number of hydrogen-bond acceptors (Lipinski definition) is 3. The Hall–Kier alpha value is -2.45. The fourth-order valence-electron chi connectivity index (χ4n) is 1.80. The third kappa shape index (κ3) is 6.76. The molecule has 0 saturated carbocycles. The lowest BCUT2D eigenvalue weighted by Gasteiger charge is -2.18. The van der Waals surface area contributed by atoms with Gasteiger partial charge in [-0.05, 0) is 13.0 Å². The topological polar surface area (TPSA) is 55.4 Å². The SMILES string of the molecule is CCOC(=O)C[C@@H](NC(=O)/C=C/C(F)(F)F)c1ccc(F)cc1F. The van der Waals surface area contributed by atoms with E-state index in [1.807, 2.05) is 0 Å². The molecule has 0 unspecified atom stereocenters. The number of halogens is 5. The van der Waals surface area contributed by atoms with Crippen molar-refractivity contribution in [2.75, 3.05) is 6.61 Å². The minimum atomic E-state index is -4.70. The van der Waals surface area contributed by atoms with Crippen LogP contribution >= 0.6 is 0 Å². The van der Waals surface area contributed by atoms with Crippen molar-refractivity contribution in [3.8, 4) is 0 Å². The van der Waals surface area contributed by atoms with Crippen molar-refractivity contribution in [3.05, 3.63) is 47.5 Å². The molecule has 0 spiro atoms. The molecule has 0 bridgehead atoms. The molecular weight excluding hydrogens is 337 g/mol. The van der Waals surface area contributed by atoms with E-state index in [-0.39, 0.29) is 24.3 Å². The fourth-order valence-corrected chi connectivity index (χ4v) is 1.80. The molecule has 0 radical (unpaired) electrons. The van der Waals surface area contributed by atoms with E-state index in [0.717, 1.165) is 12.1 Å². The van der Waals surface area contributed by atoms with E-state index in [2.05, 4.69) is 10.1 Å². The third-order valence-electron chi connectivity index (χ3n) is 2.75. The van der Waals surface area contributed by atoms with Crippen LogP contribution in [0.4, 0.5) is 22.0 Å². The first-order valence-corrected chi connectivity index (χ1v) is 6.79. The summed E-state index contributed by atoms with van der Waals surface area (Å²) in [6.07, 6.45) is -5.32. The van der Waals surface area contributed by atoms with Gasteiger partial charge in [-0.3, -0.25) is 9.59 Å². The number of carbonyl (C=O) groups is 2. The number of hydrogen-bond donors (Lipinski definition) is 1. The maximum absolute atomic E-state index is 13.8. The highest BCUT2D eigenvalue weighted by atomic mass is 19.4. The molecule has 4 nitrogen and oxygen atoms in total. The van der Waals surface area contributed by atoms with Gasteiger partial charge in [-0.25, -0.2) is 8.78 Å². The standard InChI is InChI=1S/C15H14F5NO3/c1-2-24-14(23)8-12(10-4-3-9(16)7-11(10)17)21-13(22)5-6-15(18,19)20/h3-7,12H,2,8H2,1H3,(H,21,22)/b6-5+/t12-/m1/s1. The van der Waals surface area contributed by atoms with Crippen LogP contribution in [0.2, 0.25) is 0 Å². The summed E-state index contributed by atoms with van der Waals surface area (Å²) in [6, 6.07) is 1.11. The second kappa shape index (κ2) is 8.42. The summed E-state index contributed by atoms with van der Waals surface area (Å²) in [5.74, 6) is -3.92. The molecule has 0 aliphatic rings. The average molecular weight is 351 g/mol. The van der Waals surface area contributed by atoms with Gasteiger partial charge in [0.2, 0.25) is 5.91 Å². The molecule has 1 aromatic carbocycles. The van der Waals surface area contributed by atoms with Gasteiger partial charge in [0, 0.05) is 23.8 Å². The van der Waals surface area contributed by atoms with Crippen molar-refractivity contribution in [2.45, 2.75) is 25.6 Å². The molecule has 0 saturated heterocycles. The summed E-state index contributed by atoms with van der Waals surface area (Å²) in [5, 5.41) is 2.07. The Labute approximate surface area is 134 Å². The van der Waals surface area contributed by atoms with Gasteiger partial charge in [0.25, 0.3) is 0 Å². The molecule has 0 heterocycles. The zero-order chi connectivity index (χ0) is 18.3. The third-order valence-corrected chi connectivity index (χ3v) is 2.75. The number of allylic oxidation sites excluding steroid dienone is 1. The molecule has 0 aliphatic carbocycles. The van der Waals surface area contributed by atoms with Crippen molar-refractivity contribution in [3.63, 3.8) is 0 Å². The van der Waals surface area contributed by atoms with Gasteiger partial charge in [-0.2, -0.15) is 13.2 Å². The van der Waals surface area contributed by atoms with Crippen molar-refractivity contribution < 1.29 is 36.3 Å². The van der Waals surface area contributed by atoms with Gasteiger partial charge in [0.1, 0.15) is 11.6 Å². The molecule has 1 rings (SSSR count). The smallest absolute Gasteiger partial charge is 0.409 e. The second-order valence-electron chi connectivity index (χ2n) is 4.61. The van der Waals surface area contributed by atoms with Crippen molar-refractivity contribution >= 4 is 11.9 Å². The monoisotopic (exact) mass is 351 g/mol. The fraction of sp³-hybridized carbons (Fsp3) is 0.333. The molecule has 132 valence electrons. The number of rotatable bonds is 6. The van der Waals surface area contributed by atoms with E-state index in [1.54, 1.807) is 0 Å². The van der Waals surface area contributed by atoms with E-state index in [0.29, 0.717) is 6.07 Å². The Balaban J connectivity index is 2.99. The lowest BCUT2D eigenvalue weighted by molar-refractivity contribution is -0.143. The van der Waals surface area contributed by atoms with E-state index < -0.39 is 42.1 Å². The van der Waals surface area contributed by atoms with Crippen LogP contribution in [0.3, 0.4) is 0 Å². The van der Waals surface area contributed by atoms with Crippen LogP contribution in [0.15, 0.2) is 30.4 Å². The lowest BCUT2D eigenvalue weighted by atomic mass is 10.0. The lowest BCUT2D eigenvalue weighted by Crippen LogP contribution is -2.30. The number of ether oxygens (including phenoxy) is 1. The van der Waals surface area contributed by atoms with Gasteiger partial charge < -0.3 is 10.1 Å². The van der Waals surface area contributed by atoms with Crippen LogP contribution in [-0.2, 0) is 14.3 Å². The number of benzene rings is 1. The Bertz CT molecular complexity index is 628. The van der Waals surface area contributed by atoms with Crippen LogP contribution in [0.5, 0.6) is 0 Å². The Kier molecular flexibility index (Phi) is 6.87. The van der Waals surface area contributed by atoms with Crippen molar-refractivity contribution in [1.82, 2.24) is 5.32 Å². The van der Waals surface area contributed by atoms with Crippen molar-refractivity contribution in [1.29, 1.82) is 0 Å². The second-order valence-corrected chi connectivity index (χ2v) is 4.61. The van der Waals surface area contributed by atoms with E-state index >= 15 is 0 Å². The van der Waals surface area contributed by atoms with Gasteiger partial charge in [0.05, 0.1) is 19.1 Å². The predicted molar refractivity (Wildman–Crippen MR) is 73.7 cm³/mol. The largest absolute Gasteiger partial charge is 0.466 e. The van der Waals surface area contributed by atoms with E-state index in [1.165, 1.54) is 6.92 Å².